The maximum Gasteiger partial charge on any atom is 0.0959 e. The van der Waals surface area contributed by atoms with E-state index in [2.05, 4.69) is 5.38 Å². The second kappa shape index (κ2) is 5.07. The van der Waals surface area contributed by atoms with Gasteiger partial charge in [-0.1, -0.05) is 12.8 Å². The first-order valence-electron chi connectivity index (χ1n) is 6.96. The third kappa shape index (κ3) is 2.55. The van der Waals surface area contributed by atoms with E-state index in [1.165, 1.54) is 36.4 Å². The molecule has 0 radical (unpaired) electrons. The van der Waals surface area contributed by atoms with Gasteiger partial charge in [0.15, 0.2) is 0 Å². The summed E-state index contributed by atoms with van der Waals surface area (Å²) < 4.78 is 0. The third-order valence-electron chi connectivity index (χ3n) is 4.36. The van der Waals surface area contributed by atoms with E-state index < -0.39 is 0 Å². The Morgan fingerprint density at radius 3 is 2.41 bits per heavy atom. The van der Waals surface area contributed by atoms with Gasteiger partial charge in [-0.2, -0.15) is 0 Å². The van der Waals surface area contributed by atoms with Gasteiger partial charge < -0.3 is 5.11 Å². The highest BCUT2D eigenvalue weighted by Crippen LogP contribution is 2.38. The largest absolute Gasteiger partial charge is 0.393 e. The molecule has 0 spiro atoms. The zero-order valence-corrected chi connectivity index (χ0v) is 11.1. The van der Waals surface area contributed by atoms with Crippen molar-refractivity contribution in [1.82, 2.24) is 4.98 Å². The molecule has 1 N–H and O–H groups in total. The molecule has 2 fully saturated rings. The molecule has 1 aromatic rings. The molecule has 94 valence electrons. The molecular formula is C14H21NOS. The Kier molecular flexibility index (Phi) is 3.48. The summed E-state index contributed by atoms with van der Waals surface area (Å²) in [6.45, 7) is 0. The maximum atomic E-state index is 9.53. The van der Waals surface area contributed by atoms with Crippen molar-refractivity contribution in [2.45, 2.75) is 69.3 Å². The number of aromatic nitrogens is 1. The van der Waals surface area contributed by atoms with E-state index in [-0.39, 0.29) is 6.10 Å². The Balaban J connectivity index is 1.67. The van der Waals surface area contributed by atoms with E-state index in [0.717, 1.165) is 31.6 Å². The van der Waals surface area contributed by atoms with Crippen molar-refractivity contribution >= 4 is 11.3 Å². The number of rotatable bonds is 2. The van der Waals surface area contributed by atoms with E-state index in [9.17, 15) is 5.11 Å². The van der Waals surface area contributed by atoms with Crippen molar-refractivity contribution in [3.63, 3.8) is 0 Å². The van der Waals surface area contributed by atoms with Crippen LogP contribution in [0.5, 0.6) is 0 Å². The fraction of sp³-hybridized carbons (Fsp3) is 0.786. The van der Waals surface area contributed by atoms with E-state index in [0.29, 0.717) is 5.92 Å². The molecule has 17 heavy (non-hydrogen) atoms. The third-order valence-corrected chi connectivity index (χ3v) is 5.38. The van der Waals surface area contributed by atoms with Crippen LogP contribution in [0.15, 0.2) is 5.38 Å². The first-order chi connectivity index (χ1) is 8.33. The molecule has 0 atom stereocenters. The minimum atomic E-state index is -0.0551. The summed E-state index contributed by atoms with van der Waals surface area (Å²) in [5.41, 5.74) is 1.36. The topological polar surface area (TPSA) is 33.1 Å². The number of aliphatic hydroxyl groups excluding tert-OH is 1. The fourth-order valence-electron chi connectivity index (χ4n) is 3.22. The molecule has 0 unspecified atom stereocenters. The highest BCUT2D eigenvalue weighted by atomic mass is 32.1. The summed E-state index contributed by atoms with van der Waals surface area (Å²) in [6.07, 6.45) is 9.56. The predicted octanol–water partition coefficient (Wildman–Crippen LogP) is 3.82. The number of nitrogens with zero attached hydrogens (tertiary/aromatic N) is 1. The lowest BCUT2D eigenvalue weighted by molar-refractivity contribution is 0.122. The van der Waals surface area contributed by atoms with Gasteiger partial charge in [0, 0.05) is 17.2 Å². The smallest absolute Gasteiger partial charge is 0.0959 e. The minimum Gasteiger partial charge on any atom is -0.393 e. The number of hydrogen-bond donors (Lipinski definition) is 1. The lowest BCUT2D eigenvalue weighted by Crippen LogP contribution is -2.16. The van der Waals surface area contributed by atoms with Crippen LogP contribution in [0.3, 0.4) is 0 Å². The molecule has 3 rings (SSSR count). The molecule has 0 aromatic carbocycles. The Labute approximate surface area is 107 Å². The summed E-state index contributed by atoms with van der Waals surface area (Å²) in [7, 11) is 0. The van der Waals surface area contributed by atoms with Crippen LogP contribution in [-0.2, 0) is 0 Å². The van der Waals surface area contributed by atoms with Gasteiger partial charge >= 0.3 is 0 Å². The predicted molar refractivity (Wildman–Crippen MR) is 70.5 cm³/mol. The van der Waals surface area contributed by atoms with E-state index in [1.54, 1.807) is 0 Å². The molecule has 0 bridgehead atoms. The van der Waals surface area contributed by atoms with Gasteiger partial charge in [0.25, 0.3) is 0 Å². The molecule has 2 aliphatic rings. The van der Waals surface area contributed by atoms with Gasteiger partial charge in [-0.3, -0.25) is 0 Å². The Morgan fingerprint density at radius 1 is 1.00 bits per heavy atom. The van der Waals surface area contributed by atoms with Crippen molar-refractivity contribution < 1.29 is 5.11 Å². The zero-order valence-electron chi connectivity index (χ0n) is 10.3. The van der Waals surface area contributed by atoms with Crippen molar-refractivity contribution in [1.29, 1.82) is 0 Å². The summed E-state index contributed by atoms with van der Waals surface area (Å²) in [6, 6.07) is 0. The van der Waals surface area contributed by atoms with Crippen LogP contribution in [0.2, 0.25) is 0 Å². The molecule has 2 aliphatic carbocycles. The molecule has 1 heterocycles. The number of hydrogen-bond acceptors (Lipinski definition) is 3. The molecule has 1 aromatic heterocycles. The van der Waals surface area contributed by atoms with Gasteiger partial charge in [0.1, 0.15) is 0 Å². The van der Waals surface area contributed by atoms with E-state index >= 15 is 0 Å². The van der Waals surface area contributed by atoms with Gasteiger partial charge in [-0.15, -0.1) is 11.3 Å². The summed E-state index contributed by atoms with van der Waals surface area (Å²) >= 11 is 1.85. The van der Waals surface area contributed by atoms with E-state index in [1.807, 2.05) is 11.3 Å². The molecule has 2 nitrogen and oxygen atoms in total. The number of aliphatic hydroxyl groups is 1. The van der Waals surface area contributed by atoms with Crippen LogP contribution in [0.1, 0.15) is 73.9 Å². The monoisotopic (exact) mass is 251 g/mol. The van der Waals surface area contributed by atoms with Gasteiger partial charge in [-0.25, -0.2) is 4.98 Å². The van der Waals surface area contributed by atoms with Crippen LogP contribution in [0.25, 0.3) is 0 Å². The van der Waals surface area contributed by atoms with Crippen LogP contribution in [-0.4, -0.2) is 16.2 Å². The van der Waals surface area contributed by atoms with Gasteiger partial charge in [0.05, 0.1) is 16.8 Å². The average Bonchev–Trinajstić information content (AvgIpc) is 3.00. The Morgan fingerprint density at radius 2 is 1.71 bits per heavy atom. The normalized spacial score (nSPS) is 30.9. The fourth-order valence-corrected chi connectivity index (χ4v) is 4.29. The average molecular weight is 251 g/mol. The van der Waals surface area contributed by atoms with Crippen molar-refractivity contribution in [2.75, 3.05) is 0 Å². The van der Waals surface area contributed by atoms with Crippen LogP contribution >= 0.6 is 11.3 Å². The molecule has 0 saturated heterocycles. The molecule has 2 saturated carbocycles. The minimum absolute atomic E-state index is 0.0551. The summed E-state index contributed by atoms with van der Waals surface area (Å²) in [5, 5.41) is 13.2. The second-order valence-electron chi connectivity index (χ2n) is 5.60. The Bertz CT molecular complexity index is 362. The Hall–Kier alpha value is -0.410. The van der Waals surface area contributed by atoms with Gasteiger partial charge in [-0.05, 0) is 38.5 Å². The quantitative estimate of drug-likeness (QED) is 0.866. The highest BCUT2D eigenvalue weighted by molar-refractivity contribution is 7.09. The molecular weight excluding hydrogens is 230 g/mol. The first kappa shape index (κ1) is 11.7. The number of thiazole rings is 1. The van der Waals surface area contributed by atoms with Crippen molar-refractivity contribution in [3.8, 4) is 0 Å². The van der Waals surface area contributed by atoms with Crippen LogP contribution < -0.4 is 0 Å². The van der Waals surface area contributed by atoms with Gasteiger partial charge in [0.2, 0.25) is 0 Å². The first-order valence-corrected chi connectivity index (χ1v) is 7.84. The summed E-state index contributed by atoms with van der Waals surface area (Å²) in [5.74, 6) is 1.37. The molecule has 0 amide bonds. The maximum absolute atomic E-state index is 9.53. The van der Waals surface area contributed by atoms with Crippen LogP contribution in [0.4, 0.5) is 0 Å². The SMILES string of the molecule is OC1CCC(c2nc(C3CCCC3)cs2)CC1. The van der Waals surface area contributed by atoms with Crippen molar-refractivity contribution in [2.24, 2.45) is 0 Å². The molecule has 0 aliphatic heterocycles. The second-order valence-corrected chi connectivity index (χ2v) is 6.49. The standard InChI is InChI=1S/C14H21NOS/c16-12-7-5-11(6-8-12)14-15-13(9-17-14)10-3-1-2-4-10/h9-12,16H,1-8H2. The van der Waals surface area contributed by atoms with Crippen LogP contribution in [0, 0.1) is 0 Å². The molecule has 3 heteroatoms. The highest BCUT2D eigenvalue weighted by Gasteiger charge is 2.25. The lowest BCUT2D eigenvalue weighted by Gasteiger charge is -2.23. The van der Waals surface area contributed by atoms with E-state index in [4.69, 9.17) is 4.98 Å². The van der Waals surface area contributed by atoms with Crippen molar-refractivity contribution in [3.05, 3.63) is 16.1 Å². The summed E-state index contributed by atoms with van der Waals surface area (Å²) in [4.78, 5) is 4.88. The lowest BCUT2D eigenvalue weighted by atomic mass is 9.88. The zero-order chi connectivity index (χ0) is 11.7.